The lowest BCUT2D eigenvalue weighted by molar-refractivity contribution is -0.137. The summed E-state index contributed by atoms with van der Waals surface area (Å²) in [5, 5.41) is 7.81. The van der Waals surface area contributed by atoms with E-state index in [1.165, 1.54) is 23.1 Å². The monoisotopic (exact) mass is 462 g/mol. The highest BCUT2D eigenvalue weighted by Crippen LogP contribution is 2.34. The van der Waals surface area contributed by atoms with Crippen molar-refractivity contribution in [3.05, 3.63) is 59.7 Å². The van der Waals surface area contributed by atoms with Gasteiger partial charge in [0.05, 0.1) is 35.6 Å². The fourth-order valence-electron chi connectivity index (χ4n) is 3.19. The smallest absolute Gasteiger partial charge is 0.349 e. The van der Waals surface area contributed by atoms with Gasteiger partial charge in [-0.25, -0.2) is 0 Å². The molecule has 10 heteroatoms. The van der Waals surface area contributed by atoms with Crippen LogP contribution >= 0.6 is 0 Å². The molecule has 1 saturated carbocycles. The van der Waals surface area contributed by atoms with E-state index in [4.69, 9.17) is 0 Å². The zero-order valence-corrected chi connectivity index (χ0v) is 18.0. The maximum absolute atomic E-state index is 13.1. The third-order valence-electron chi connectivity index (χ3n) is 5.05. The molecule has 0 heterocycles. The molecule has 7 nitrogen and oxygen atoms in total. The molecule has 3 N–H and O–H groups in total. The number of halogens is 3. The van der Waals surface area contributed by atoms with Crippen LogP contribution in [-0.4, -0.2) is 48.3 Å². The molecular weight excluding hydrogens is 437 g/mol. The van der Waals surface area contributed by atoms with Crippen molar-refractivity contribution in [2.45, 2.75) is 32.0 Å². The zero-order valence-electron chi connectivity index (χ0n) is 18.0. The Balaban J connectivity index is 1.59. The highest BCUT2D eigenvalue weighted by Gasteiger charge is 2.33. The van der Waals surface area contributed by atoms with Crippen molar-refractivity contribution < 1.29 is 27.6 Å². The number of amides is 3. The van der Waals surface area contributed by atoms with Gasteiger partial charge in [0.25, 0.3) is 5.91 Å². The Morgan fingerprint density at radius 2 is 1.45 bits per heavy atom. The van der Waals surface area contributed by atoms with Gasteiger partial charge in [-0.3, -0.25) is 19.3 Å². The quantitative estimate of drug-likeness (QED) is 0.532. The van der Waals surface area contributed by atoms with Crippen molar-refractivity contribution in [1.82, 2.24) is 10.2 Å². The second-order valence-corrected chi connectivity index (χ2v) is 7.74. The van der Waals surface area contributed by atoms with Crippen LogP contribution in [0, 0.1) is 0 Å². The van der Waals surface area contributed by atoms with E-state index in [1.807, 2.05) is 0 Å². The maximum atomic E-state index is 13.1. The molecule has 0 bridgehead atoms. The second kappa shape index (κ2) is 10.5. The molecule has 1 fully saturated rings. The van der Waals surface area contributed by atoms with Crippen molar-refractivity contribution >= 4 is 29.1 Å². The average Bonchev–Trinajstić information content (AvgIpc) is 3.57. The van der Waals surface area contributed by atoms with Gasteiger partial charge in [0.15, 0.2) is 0 Å². The Hall–Kier alpha value is -3.40. The summed E-state index contributed by atoms with van der Waals surface area (Å²) >= 11 is 0. The number of rotatable bonds is 9. The van der Waals surface area contributed by atoms with Crippen molar-refractivity contribution in [2.75, 3.05) is 30.3 Å². The first-order valence-corrected chi connectivity index (χ1v) is 10.6. The van der Waals surface area contributed by atoms with Gasteiger partial charge in [0.1, 0.15) is 0 Å². The average molecular weight is 462 g/mol. The number of benzene rings is 2. The Kier molecular flexibility index (Phi) is 7.70. The van der Waals surface area contributed by atoms with Gasteiger partial charge in [-0.15, -0.1) is 0 Å². The summed E-state index contributed by atoms with van der Waals surface area (Å²) in [6, 6.07) is 11.5. The lowest BCUT2D eigenvalue weighted by atomic mass is 10.1. The molecule has 0 aliphatic heterocycles. The molecule has 0 aromatic heterocycles. The predicted octanol–water partition coefficient (Wildman–Crippen LogP) is 3.50. The van der Waals surface area contributed by atoms with E-state index in [2.05, 4.69) is 16.0 Å². The van der Waals surface area contributed by atoms with Crippen LogP contribution < -0.4 is 16.0 Å². The van der Waals surface area contributed by atoms with Crippen LogP contribution in [0.1, 0.15) is 35.7 Å². The number of hydrogen-bond acceptors (Lipinski definition) is 4. The summed E-state index contributed by atoms with van der Waals surface area (Å²) in [6.07, 6.45) is -2.74. The summed E-state index contributed by atoms with van der Waals surface area (Å²) in [6.45, 7) is 1.58. The first kappa shape index (κ1) is 24.2. The molecule has 1 aliphatic carbocycles. The van der Waals surface area contributed by atoms with Gasteiger partial charge in [0.2, 0.25) is 11.8 Å². The number of hydrogen-bond donors (Lipinski definition) is 3. The van der Waals surface area contributed by atoms with Crippen molar-refractivity contribution in [2.24, 2.45) is 0 Å². The maximum Gasteiger partial charge on any atom is 0.418 e. The van der Waals surface area contributed by atoms with E-state index >= 15 is 0 Å². The first-order valence-electron chi connectivity index (χ1n) is 10.6. The molecule has 2 aromatic carbocycles. The Labute approximate surface area is 189 Å². The van der Waals surface area contributed by atoms with Crippen molar-refractivity contribution in [1.29, 1.82) is 0 Å². The molecule has 3 amide bonds. The molecule has 176 valence electrons. The van der Waals surface area contributed by atoms with Gasteiger partial charge in [-0.1, -0.05) is 31.2 Å². The number of nitrogens with zero attached hydrogens (tertiary/aromatic N) is 1. The molecule has 0 unspecified atom stereocenters. The number of carbonyl (C=O) groups excluding carboxylic acids is 3. The lowest BCUT2D eigenvalue weighted by Gasteiger charge is -2.20. The van der Waals surface area contributed by atoms with E-state index in [0.29, 0.717) is 17.8 Å². The van der Waals surface area contributed by atoms with E-state index in [1.54, 1.807) is 31.2 Å². The van der Waals surface area contributed by atoms with Crippen LogP contribution in [0.2, 0.25) is 0 Å². The van der Waals surface area contributed by atoms with Crippen LogP contribution in [0.5, 0.6) is 0 Å². The van der Waals surface area contributed by atoms with Gasteiger partial charge in [-0.05, 0) is 43.7 Å². The van der Waals surface area contributed by atoms with Crippen molar-refractivity contribution in [3.63, 3.8) is 0 Å². The minimum Gasteiger partial charge on any atom is -0.349 e. The second-order valence-electron chi connectivity index (χ2n) is 7.74. The van der Waals surface area contributed by atoms with Gasteiger partial charge in [0, 0.05) is 6.04 Å². The molecule has 0 radical (unpaired) electrons. The van der Waals surface area contributed by atoms with E-state index < -0.39 is 23.6 Å². The number of carbonyl (C=O) groups is 3. The largest absolute Gasteiger partial charge is 0.418 e. The number of para-hydroxylation sites is 2. The summed E-state index contributed by atoms with van der Waals surface area (Å²) in [7, 11) is 0. The Morgan fingerprint density at radius 3 is 2.03 bits per heavy atom. The molecule has 0 spiro atoms. The molecule has 33 heavy (non-hydrogen) atoms. The topological polar surface area (TPSA) is 90.5 Å². The zero-order chi connectivity index (χ0) is 24.0. The third kappa shape index (κ3) is 7.04. The Bertz CT molecular complexity index is 1020. The van der Waals surface area contributed by atoms with E-state index in [9.17, 15) is 27.6 Å². The normalized spacial score (nSPS) is 13.5. The molecule has 0 atom stereocenters. The predicted molar refractivity (Wildman–Crippen MR) is 118 cm³/mol. The van der Waals surface area contributed by atoms with Gasteiger partial charge < -0.3 is 16.0 Å². The standard InChI is InChI=1S/C23H25F3N4O3/c1-2-30(14-21(32)29-19-10-6-4-8-17(19)23(24,25)26)13-20(31)28-18-9-5-3-7-16(18)22(33)27-15-11-12-15/h3-10,15H,2,11-14H2,1H3,(H,27,33)(H,28,31)(H,29,32). The fraction of sp³-hybridized carbons (Fsp3) is 0.348. The van der Waals surface area contributed by atoms with Crippen LogP contribution in [0.15, 0.2) is 48.5 Å². The van der Waals surface area contributed by atoms with E-state index in [0.717, 1.165) is 18.9 Å². The number of nitrogens with one attached hydrogen (secondary N) is 3. The first-order chi connectivity index (χ1) is 15.7. The number of anilines is 2. The summed E-state index contributed by atoms with van der Waals surface area (Å²) in [5.41, 5.74) is -0.603. The fourth-order valence-corrected chi connectivity index (χ4v) is 3.19. The van der Waals surface area contributed by atoms with Crippen LogP contribution in [0.4, 0.5) is 24.5 Å². The van der Waals surface area contributed by atoms with Crippen molar-refractivity contribution in [3.8, 4) is 0 Å². The molecular formula is C23H25F3N4O3. The summed E-state index contributed by atoms with van der Waals surface area (Å²) in [4.78, 5) is 38.8. The van der Waals surface area contributed by atoms with Gasteiger partial charge in [-0.2, -0.15) is 13.2 Å². The number of alkyl halides is 3. The number of likely N-dealkylation sites (N-methyl/N-ethyl adjacent to an activating group) is 1. The highest BCUT2D eigenvalue weighted by molar-refractivity contribution is 6.04. The Morgan fingerprint density at radius 1 is 0.909 bits per heavy atom. The third-order valence-corrected chi connectivity index (χ3v) is 5.05. The molecule has 0 saturated heterocycles. The SMILES string of the molecule is CCN(CC(=O)Nc1ccccc1C(=O)NC1CC1)CC(=O)Nc1ccccc1C(F)(F)F. The van der Waals surface area contributed by atoms with Gasteiger partial charge >= 0.3 is 6.18 Å². The summed E-state index contributed by atoms with van der Waals surface area (Å²) in [5.74, 6) is -1.40. The van der Waals surface area contributed by atoms with E-state index in [-0.39, 0.29) is 30.7 Å². The van der Waals surface area contributed by atoms with Crippen LogP contribution in [0.3, 0.4) is 0 Å². The minimum atomic E-state index is -4.60. The van der Waals surface area contributed by atoms with Crippen LogP contribution in [0.25, 0.3) is 0 Å². The highest BCUT2D eigenvalue weighted by atomic mass is 19.4. The minimum absolute atomic E-state index is 0.165. The molecule has 1 aliphatic rings. The summed E-state index contributed by atoms with van der Waals surface area (Å²) < 4.78 is 39.4. The molecule has 2 aromatic rings. The lowest BCUT2D eigenvalue weighted by Crippen LogP contribution is -2.39. The molecule has 3 rings (SSSR count). The van der Waals surface area contributed by atoms with Crippen LogP contribution in [-0.2, 0) is 15.8 Å².